The molecule has 3 rings (SSSR count). The maximum Gasteiger partial charge on any atom is 0.327 e. The smallest absolute Gasteiger partial charge is 0.327 e. The van der Waals surface area contributed by atoms with Crippen LogP contribution in [-0.4, -0.2) is 69.9 Å². The molecule has 0 aliphatic carbocycles. The van der Waals surface area contributed by atoms with Crippen molar-refractivity contribution >= 4 is 17.8 Å². The summed E-state index contributed by atoms with van der Waals surface area (Å²) in [6.07, 6.45) is 0.821. The number of likely N-dealkylation sites (N-methyl/N-ethyl adjacent to an activating group) is 1. The molecule has 142 valence electrons. The fraction of sp³-hybridized carbons (Fsp3) is 0.611. The Morgan fingerprint density at radius 1 is 1.27 bits per heavy atom. The van der Waals surface area contributed by atoms with E-state index in [0.717, 1.165) is 0 Å². The molecule has 0 atom stereocenters. The quantitative estimate of drug-likeness (QED) is 0.814. The number of hydrogen-bond donors (Lipinski definition) is 1. The lowest BCUT2D eigenvalue weighted by atomic mass is 9.85. The first kappa shape index (κ1) is 18.4. The largest absolute Gasteiger partial charge is 0.453 e. The van der Waals surface area contributed by atoms with E-state index in [1.54, 1.807) is 21.9 Å². The number of urea groups is 1. The molecule has 2 saturated heterocycles. The van der Waals surface area contributed by atoms with Crippen LogP contribution < -0.4 is 0 Å². The highest BCUT2D eigenvalue weighted by Gasteiger charge is 2.57. The van der Waals surface area contributed by atoms with Gasteiger partial charge in [0.15, 0.2) is 5.76 Å². The number of hydrogen-bond acceptors (Lipinski definition) is 5. The normalized spacial score (nSPS) is 20.0. The summed E-state index contributed by atoms with van der Waals surface area (Å²) in [6, 6.07) is 2.85. The summed E-state index contributed by atoms with van der Waals surface area (Å²) in [4.78, 5) is 42.4. The van der Waals surface area contributed by atoms with E-state index in [4.69, 9.17) is 9.52 Å². The summed E-state index contributed by atoms with van der Waals surface area (Å²) in [7, 11) is 1.52. The zero-order valence-electron chi connectivity index (χ0n) is 15.4. The molecule has 3 heterocycles. The second kappa shape index (κ2) is 6.75. The average molecular weight is 363 g/mol. The van der Waals surface area contributed by atoms with Gasteiger partial charge in [-0.05, 0) is 30.9 Å². The van der Waals surface area contributed by atoms with Crippen molar-refractivity contribution in [3.63, 3.8) is 0 Å². The zero-order chi connectivity index (χ0) is 19.1. The minimum absolute atomic E-state index is 0.176. The van der Waals surface area contributed by atoms with Crippen LogP contribution in [0.25, 0.3) is 0 Å². The van der Waals surface area contributed by atoms with Gasteiger partial charge in [-0.3, -0.25) is 14.5 Å². The van der Waals surface area contributed by atoms with Crippen LogP contribution in [0, 0.1) is 5.92 Å². The van der Waals surface area contributed by atoms with Gasteiger partial charge in [-0.25, -0.2) is 4.79 Å². The molecule has 1 aromatic rings. The second-order valence-electron chi connectivity index (χ2n) is 7.40. The molecule has 0 aromatic carbocycles. The Morgan fingerprint density at radius 3 is 2.46 bits per heavy atom. The van der Waals surface area contributed by atoms with Crippen molar-refractivity contribution < 1.29 is 23.9 Å². The number of likely N-dealkylation sites (tertiary alicyclic amines) is 1. The number of carbonyl (C=O) groups is 3. The maximum atomic E-state index is 12.8. The van der Waals surface area contributed by atoms with E-state index in [-0.39, 0.29) is 36.1 Å². The van der Waals surface area contributed by atoms with Crippen molar-refractivity contribution in [1.82, 2.24) is 14.7 Å². The topological polar surface area (TPSA) is 94.3 Å². The van der Waals surface area contributed by atoms with Crippen molar-refractivity contribution in [2.24, 2.45) is 5.92 Å². The van der Waals surface area contributed by atoms with Gasteiger partial charge in [-0.15, -0.1) is 0 Å². The second-order valence-corrected chi connectivity index (χ2v) is 7.40. The molecule has 8 heteroatoms. The van der Waals surface area contributed by atoms with Crippen molar-refractivity contribution in [2.75, 3.05) is 26.7 Å². The van der Waals surface area contributed by atoms with E-state index >= 15 is 0 Å². The zero-order valence-corrected chi connectivity index (χ0v) is 15.4. The summed E-state index contributed by atoms with van der Waals surface area (Å²) < 4.78 is 5.31. The third-order valence-corrected chi connectivity index (χ3v) is 5.19. The molecule has 26 heavy (non-hydrogen) atoms. The number of carbonyl (C=O) groups excluding carboxylic acids is 3. The van der Waals surface area contributed by atoms with Crippen molar-refractivity contribution in [1.29, 1.82) is 0 Å². The Balaban J connectivity index is 1.75. The molecular weight excluding hydrogens is 338 g/mol. The monoisotopic (exact) mass is 363 g/mol. The lowest BCUT2D eigenvalue weighted by Gasteiger charge is -2.42. The van der Waals surface area contributed by atoms with Crippen LogP contribution in [0.4, 0.5) is 4.79 Å². The van der Waals surface area contributed by atoms with Gasteiger partial charge in [-0.1, -0.05) is 13.8 Å². The summed E-state index contributed by atoms with van der Waals surface area (Å²) in [6.45, 7) is 5.02. The summed E-state index contributed by atoms with van der Waals surface area (Å²) in [5.74, 6) is 0.309. The Bertz CT molecular complexity index is 718. The van der Waals surface area contributed by atoms with Gasteiger partial charge >= 0.3 is 6.03 Å². The van der Waals surface area contributed by atoms with E-state index in [9.17, 15) is 14.4 Å². The van der Waals surface area contributed by atoms with Gasteiger partial charge in [-0.2, -0.15) is 0 Å². The van der Waals surface area contributed by atoms with Crippen molar-refractivity contribution in [3.8, 4) is 0 Å². The molecule has 2 fully saturated rings. The lowest BCUT2D eigenvalue weighted by Crippen LogP contribution is -2.58. The van der Waals surface area contributed by atoms with Crippen LogP contribution in [0.3, 0.4) is 0 Å². The minimum Gasteiger partial charge on any atom is -0.453 e. The van der Waals surface area contributed by atoms with Crippen LogP contribution >= 0.6 is 0 Å². The Hall–Kier alpha value is -2.35. The first-order valence-corrected chi connectivity index (χ1v) is 8.89. The Kier molecular flexibility index (Phi) is 4.79. The molecule has 1 aromatic heterocycles. The molecule has 0 bridgehead atoms. The minimum atomic E-state index is -0.855. The molecule has 0 radical (unpaired) electrons. The lowest BCUT2D eigenvalue weighted by molar-refractivity contribution is -0.134. The van der Waals surface area contributed by atoms with Crippen molar-refractivity contribution in [2.45, 2.75) is 38.8 Å². The molecule has 4 amide bonds. The maximum absolute atomic E-state index is 12.8. The number of amides is 4. The van der Waals surface area contributed by atoms with Gasteiger partial charge in [0, 0.05) is 26.7 Å². The summed E-state index contributed by atoms with van der Waals surface area (Å²) in [5, 5.41) is 9.06. The van der Waals surface area contributed by atoms with Crippen LogP contribution in [0.15, 0.2) is 16.5 Å². The number of imide groups is 1. The van der Waals surface area contributed by atoms with Crippen LogP contribution in [0.2, 0.25) is 0 Å². The van der Waals surface area contributed by atoms with Gasteiger partial charge in [0.25, 0.3) is 11.8 Å². The molecule has 1 N–H and O–H groups in total. The predicted octanol–water partition coefficient (Wildman–Crippen LogP) is 1.30. The fourth-order valence-corrected chi connectivity index (χ4v) is 3.79. The molecule has 8 nitrogen and oxygen atoms in total. The van der Waals surface area contributed by atoms with E-state index in [0.29, 0.717) is 38.2 Å². The van der Waals surface area contributed by atoms with Gasteiger partial charge < -0.3 is 19.3 Å². The number of furan rings is 1. The summed E-state index contributed by atoms with van der Waals surface area (Å²) in [5.41, 5.74) is -0.855. The van der Waals surface area contributed by atoms with Gasteiger partial charge in [0.1, 0.15) is 17.9 Å². The third-order valence-electron chi connectivity index (χ3n) is 5.19. The average Bonchev–Trinajstić information content (AvgIpc) is 3.17. The van der Waals surface area contributed by atoms with Crippen LogP contribution in [0.5, 0.6) is 0 Å². The molecular formula is C18H25N3O5. The molecule has 1 spiro atoms. The Labute approximate surface area is 152 Å². The highest BCUT2D eigenvalue weighted by Crippen LogP contribution is 2.37. The molecule has 0 saturated carbocycles. The number of nitrogens with zero attached hydrogens (tertiary/aromatic N) is 3. The van der Waals surface area contributed by atoms with Gasteiger partial charge in [0.05, 0.1) is 0 Å². The SMILES string of the molecule is CC(C)CN1C(=O)N(C)C(=O)C12CCN(C(=O)c1ccc(CO)o1)CC2. The number of aliphatic hydroxyl groups is 1. The third kappa shape index (κ3) is 2.88. The van der Waals surface area contributed by atoms with Gasteiger partial charge in [0.2, 0.25) is 0 Å². The Morgan fingerprint density at radius 2 is 1.92 bits per heavy atom. The first-order valence-electron chi connectivity index (χ1n) is 8.89. The molecule has 0 unspecified atom stereocenters. The fourth-order valence-electron chi connectivity index (χ4n) is 3.79. The van der Waals surface area contributed by atoms with E-state index in [1.807, 2.05) is 13.8 Å². The number of rotatable bonds is 4. The highest BCUT2D eigenvalue weighted by molar-refractivity contribution is 6.07. The van der Waals surface area contributed by atoms with Crippen LogP contribution in [0.1, 0.15) is 43.0 Å². The van der Waals surface area contributed by atoms with E-state index < -0.39 is 5.54 Å². The van der Waals surface area contributed by atoms with Crippen molar-refractivity contribution in [3.05, 3.63) is 23.7 Å². The standard InChI is InChI=1S/C18H25N3O5/c1-12(2)10-21-17(25)19(3)16(24)18(21)6-8-20(9-7-18)15(23)14-5-4-13(11-22)26-14/h4-5,12,22H,6-11H2,1-3H3. The number of piperidine rings is 1. The first-order chi connectivity index (χ1) is 12.3. The van der Waals surface area contributed by atoms with E-state index in [2.05, 4.69) is 0 Å². The molecule has 2 aliphatic rings. The predicted molar refractivity (Wildman–Crippen MR) is 92.2 cm³/mol. The number of aliphatic hydroxyl groups excluding tert-OH is 1. The molecule has 2 aliphatic heterocycles. The highest BCUT2D eigenvalue weighted by atomic mass is 16.4. The van der Waals surface area contributed by atoms with E-state index in [1.165, 1.54) is 11.9 Å². The summed E-state index contributed by atoms with van der Waals surface area (Å²) >= 11 is 0. The van der Waals surface area contributed by atoms with Crippen LogP contribution in [-0.2, 0) is 11.4 Å².